The van der Waals surface area contributed by atoms with Crippen LogP contribution in [0.4, 0.5) is 10.5 Å². The number of amides is 4. The van der Waals surface area contributed by atoms with Crippen LogP contribution < -0.4 is 15.0 Å². The van der Waals surface area contributed by atoms with Crippen LogP contribution in [0.15, 0.2) is 72.3 Å². The Morgan fingerprint density at radius 2 is 1.67 bits per heavy atom. The summed E-state index contributed by atoms with van der Waals surface area (Å²) in [5, 5.41) is 3.04. The molecule has 4 rings (SSSR count). The van der Waals surface area contributed by atoms with Gasteiger partial charge < -0.3 is 4.74 Å². The van der Waals surface area contributed by atoms with E-state index in [4.69, 9.17) is 27.9 Å². The fourth-order valence-electron chi connectivity index (χ4n) is 3.36. The molecule has 0 radical (unpaired) electrons. The average molecular weight is 481 g/mol. The quantitative estimate of drug-likeness (QED) is 0.383. The Balaban J connectivity index is 1.67. The average Bonchev–Trinajstić information content (AvgIpc) is 2.77. The molecule has 166 valence electrons. The number of ether oxygens (including phenoxy) is 1. The molecule has 8 heteroatoms. The second-order valence-electron chi connectivity index (χ2n) is 7.39. The Labute approximate surface area is 200 Å². The lowest BCUT2D eigenvalue weighted by Gasteiger charge is -2.26. The Morgan fingerprint density at radius 1 is 0.939 bits per heavy atom. The number of nitrogens with zero attached hydrogens (tertiary/aromatic N) is 1. The number of urea groups is 1. The molecule has 4 amide bonds. The highest BCUT2D eigenvalue weighted by Crippen LogP contribution is 2.29. The van der Waals surface area contributed by atoms with Gasteiger partial charge in [-0.25, -0.2) is 9.69 Å². The van der Waals surface area contributed by atoms with E-state index in [1.54, 1.807) is 30.3 Å². The van der Waals surface area contributed by atoms with Crippen molar-refractivity contribution < 1.29 is 19.1 Å². The first-order valence-electron chi connectivity index (χ1n) is 9.97. The van der Waals surface area contributed by atoms with Crippen molar-refractivity contribution in [3.8, 4) is 5.75 Å². The van der Waals surface area contributed by atoms with Crippen molar-refractivity contribution >= 4 is 52.8 Å². The molecule has 0 atom stereocenters. The third kappa shape index (κ3) is 5.08. The number of rotatable bonds is 5. The van der Waals surface area contributed by atoms with E-state index < -0.39 is 17.8 Å². The summed E-state index contributed by atoms with van der Waals surface area (Å²) in [4.78, 5) is 38.9. The molecule has 0 unspecified atom stereocenters. The van der Waals surface area contributed by atoms with Crippen LogP contribution in [0.5, 0.6) is 5.75 Å². The SMILES string of the molecule is Cc1cccc(COc2ccc(Cl)cc2/C=C2\C(=O)NC(=O)N(c3ccc(Cl)cc3)C2=O)c1. The van der Waals surface area contributed by atoms with Gasteiger partial charge in [-0.05, 0) is 61.0 Å². The molecule has 1 aliphatic heterocycles. The van der Waals surface area contributed by atoms with Crippen molar-refractivity contribution in [1.29, 1.82) is 0 Å². The predicted octanol–water partition coefficient (Wildman–Crippen LogP) is 5.55. The largest absolute Gasteiger partial charge is 0.488 e. The number of hydrogen-bond donors (Lipinski definition) is 1. The lowest BCUT2D eigenvalue weighted by molar-refractivity contribution is -0.122. The lowest BCUT2D eigenvalue weighted by atomic mass is 10.1. The van der Waals surface area contributed by atoms with Crippen LogP contribution >= 0.6 is 23.2 Å². The summed E-state index contributed by atoms with van der Waals surface area (Å²) < 4.78 is 5.95. The molecule has 1 fully saturated rings. The number of halogens is 2. The highest BCUT2D eigenvalue weighted by Gasteiger charge is 2.37. The summed E-state index contributed by atoms with van der Waals surface area (Å²) in [5.74, 6) is -1.14. The van der Waals surface area contributed by atoms with Crippen molar-refractivity contribution in [2.75, 3.05) is 4.90 Å². The first-order valence-corrected chi connectivity index (χ1v) is 10.7. The standard InChI is InChI=1S/C25H18Cl2N2O4/c1-15-3-2-4-16(11-15)14-33-22-10-7-19(27)12-17(22)13-21-23(30)28-25(32)29(24(21)31)20-8-5-18(26)6-9-20/h2-13H,14H2,1H3,(H,28,30,32)/b21-13+. The van der Waals surface area contributed by atoms with Gasteiger partial charge in [-0.1, -0.05) is 53.0 Å². The number of hydrogen-bond acceptors (Lipinski definition) is 4. The number of nitrogens with one attached hydrogen (secondary N) is 1. The van der Waals surface area contributed by atoms with Gasteiger partial charge in [0.25, 0.3) is 11.8 Å². The van der Waals surface area contributed by atoms with Crippen LogP contribution in [-0.4, -0.2) is 17.8 Å². The fourth-order valence-corrected chi connectivity index (χ4v) is 3.67. The molecule has 0 saturated carbocycles. The molecule has 0 bridgehead atoms. The van der Waals surface area contributed by atoms with Gasteiger partial charge in [-0.2, -0.15) is 0 Å². The maximum Gasteiger partial charge on any atom is 0.335 e. The third-order valence-corrected chi connectivity index (χ3v) is 5.42. The highest BCUT2D eigenvalue weighted by atomic mass is 35.5. The van der Waals surface area contributed by atoms with Gasteiger partial charge in [-0.15, -0.1) is 0 Å². The van der Waals surface area contributed by atoms with Gasteiger partial charge in [0.05, 0.1) is 5.69 Å². The minimum atomic E-state index is -0.841. The summed E-state index contributed by atoms with van der Waals surface area (Å²) in [6, 6.07) is 18.1. The van der Waals surface area contributed by atoms with Gasteiger partial charge in [0.15, 0.2) is 0 Å². The summed E-state index contributed by atoms with van der Waals surface area (Å²) >= 11 is 12.1. The smallest absolute Gasteiger partial charge is 0.335 e. The van der Waals surface area contributed by atoms with Crippen LogP contribution in [0, 0.1) is 6.92 Å². The lowest BCUT2D eigenvalue weighted by Crippen LogP contribution is -2.54. The summed E-state index contributed by atoms with van der Waals surface area (Å²) in [7, 11) is 0. The Hall–Kier alpha value is -3.61. The van der Waals surface area contributed by atoms with Crippen LogP contribution in [-0.2, 0) is 16.2 Å². The minimum Gasteiger partial charge on any atom is -0.488 e. The molecule has 3 aromatic rings. The molecule has 1 saturated heterocycles. The number of barbiturate groups is 1. The van der Waals surface area contributed by atoms with Crippen molar-refractivity contribution in [2.24, 2.45) is 0 Å². The Morgan fingerprint density at radius 3 is 2.39 bits per heavy atom. The third-order valence-electron chi connectivity index (χ3n) is 4.93. The summed E-state index contributed by atoms with van der Waals surface area (Å²) in [5.41, 5.74) is 2.55. The number of anilines is 1. The van der Waals surface area contributed by atoms with Gasteiger partial charge in [-0.3, -0.25) is 14.9 Å². The molecule has 33 heavy (non-hydrogen) atoms. The summed E-state index contributed by atoms with van der Waals surface area (Å²) in [6.45, 7) is 2.28. The number of benzene rings is 3. The first-order chi connectivity index (χ1) is 15.8. The molecule has 0 spiro atoms. The van der Waals surface area contributed by atoms with E-state index in [1.165, 1.54) is 18.2 Å². The maximum atomic E-state index is 13.1. The molecular formula is C25H18Cl2N2O4. The zero-order chi connectivity index (χ0) is 23.5. The maximum absolute atomic E-state index is 13.1. The van der Waals surface area contributed by atoms with E-state index in [9.17, 15) is 14.4 Å². The Bertz CT molecular complexity index is 1290. The van der Waals surface area contributed by atoms with Crippen LogP contribution in [0.3, 0.4) is 0 Å². The number of aryl methyl sites for hydroxylation is 1. The van der Waals surface area contributed by atoms with Crippen molar-refractivity contribution in [1.82, 2.24) is 5.32 Å². The zero-order valence-electron chi connectivity index (χ0n) is 17.5. The van der Waals surface area contributed by atoms with Crippen LogP contribution in [0.25, 0.3) is 6.08 Å². The monoisotopic (exact) mass is 480 g/mol. The number of carbonyl (C=O) groups is 3. The van der Waals surface area contributed by atoms with Crippen molar-refractivity contribution in [3.05, 3.63) is 99.0 Å². The second kappa shape index (κ2) is 9.48. The van der Waals surface area contributed by atoms with E-state index in [2.05, 4.69) is 5.32 Å². The van der Waals surface area contributed by atoms with E-state index in [0.29, 0.717) is 21.4 Å². The minimum absolute atomic E-state index is 0.229. The first kappa shape index (κ1) is 22.6. The predicted molar refractivity (Wildman–Crippen MR) is 127 cm³/mol. The number of imide groups is 2. The summed E-state index contributed by atoms with van der Waals surface area (Å²) in [6.07, 6.45) is 1.37. The molecule has 0 aromatic heterocycles. The molecule has 0 aliphatic carbocycles. The normalized spacial score (nSPS) is 15.1. The molecule has 1 heterocycles. The Kier molecular flexibility index (Phi) is 6.49. The van der Waals surface area contributed by atoms with Crippen LogP contribution in [0.2, 0.25) is 10.0 Å². The van der Waals surface area contributed by atoms with Crippen molar-refractivity contribution in [2.45, 2.75) is 13.5 Å². The molecule has 1 aliphatic rings. The van der Waals surface area contributed by atoms with Gasteiger partial charge >= 0.3 is 6.03 Å². The molecular weight excluding hydrogens is 463 g/mol. The van der Waals surface area contributed by atoms with Crippen LogP contribution in [0.1, 0.15) is 16.7 Å². The van der Waals surface area contributed by atoms with E-state index in [0.717, 1.165) is 16.0 Å². The fraction of sp³-hybridized carbons (Fsp3) is 0.0800. The number of carbonyl (C=O) groups excluding carboxylic acids is 3. The van der Waals surface area contributed by atoms with E-state index >= 15 is 0 Å². The molecule has 3 aromatic carbocycles. The van der Waals surface area contributed by atoms with Gasteiger partial charge in [0.1, 0.15) is 17.9 Å². The van der Waals surface area contributed by atoms with E-state index in [1.807, 2.05) is 31.2 Å². The highest BCUT2D eigenvalue weighted by molar-refractivity contribution is 6.39. The zero-order valence-corrected chi connectivity index (χ0v) is 19.0. The second-order valence-corrected chi connectivity index (χ2v) is 8.27. The molecule has 1 N–H and O–H groups in total. The van der Waals surface area contributed by atoms with Gasteiger partial charge in [0.2, 0.25) is 0 Å². The van der Waals surface area contributed by atoms with Crippen molar-refractivity contribution in [3.63, 3.8) is 0 Å². The van der Waals surface area contributed by atoms with Gasteiger partial charge in [0, 0.05) is 15.6 Å². The van der Waals surface area contributed by atoms with E-state index in [-0.39, 0.29) is 17.9 Å². The molecule has 6 nitrogen and oxygen atoms in total. The topological polar surface area (TPSA) is 75.7 Å².